The van der Waals surface area contributed by atoms with Gasteiger partial charge in [0.05, 0.1) is 11.5 Å². The Bertz CT molecular complexity index is 886. The summed E-state index contributed by atoms with van der Waals surface area (Å²) in [5.41, 5.74) is 0.358. The van der Waals surface area contributed by atoms with Gasteiger partial charge in [0.1, 0.15) is 5.69 Å². The summed E-state index contributed by atoms with van der Waals surface area (Å²) in [4.78, 5) is 12.5. The largest absolute Gasteiger partial charge is 0.346 e. The summed E-state index contributed by atoms with van der Waals surface area (Å²) >= 11 is 5.15. The molecule has 0 spiro atoms. The first kappa shape index (κ1) is 17.5. The lowest BCUT2D eigenvalue weighted by Crippen LogP contribution is -2.46. The number of non-ortho nitro benzene ring substituents is 1. The fourth-order valence-corrected chi connectivity index (χ4v) is 4.88. The van der Waals surface area contributed by atoms with E-state index >= 15 is 0 Å². The maximum Gasteiger partial charge on any atom is 0.316 e. The maximum atomic E-state index is 11.7. The Morgan fingerprint density at radius 3 is 2.54 bits per heavy atom. The summed E-state index contributed by atoms with van der Waals surface area (Å²) in [6, 6.07) is 14.0. The molecule has 8 heteroatoms. The molecule has 0 amide bonds. The van der Waals surface area contributed by atoms with Crippen molar-refractivity contribution in [3.05, 3.63) is 68.7 Å². The van der Waals surface area contributed by atoms with Crippen LogP contribution in [0.15, 0.2) is 53.0 Å². The molecular weight excluding hydrogens is 418 g/mol. The number of rotatable bonds is 3. The molecule has 2 aromatic carbocycles. The van der Waals surface area contributed by atoms with Crippen LogP contribution in [0.5, 0.6) is 0 Å². The van der Waals surface area contributed by atoms with Crippen molar-refractivity contribution in [2.75, 3.05) is 23.7 Å². The van der Waals surface area contributed by atoms with Crippen LogP contribution in [-0.4, -0.2) is 38.6 Å². The minimum atomic E-state index is -1.22. The molecule has 2 aliphatic heterocycles. The maximum absolute atomic E-state index is 11.7. The zero-order valence-corrected chi connectivity index (χ0v) is 16.2. The summed E-state index contributed by atoms with van der Waals surface area (Å²) in [7, 11) is 0. The van der Waals surface area contributed by atoms with Gasteiger partial charge in [0.25, 0.3) is 11.4 Å². The number of benzene rings is 2. The Hall–Kier alpha value is -1.90. The molecule has 2 heterocycles. The molecule has 6 nitrogen and oxygen atoms in total. The zero-order chi connectivity index (χ0) is 18.3. The first-order valence-electron chi connectivity index (χ1n) is 8.27. The van der Waals surface area contributed by atoms with E-state index in [4.69, 9.17) is 0 Å². The van der Waals surface area contributed by atoms with Gasteiger partial charge >= 0.3 is 5.17 Å². The van der Waals surface area contributed by atoms with E-state index < -0.39 is 10.6 Å². The van der Waals surface area contributed by atoms with Crippen molar-refractivity contribution in [3.63, 3.8) is 0 Å². The Kier molecular flexibility index (Phi) is 4.50. The summed E-state index contributed by atoms with van der Waals surface area (Å²) in [5, 5.41) is 23.6. The lowest BCUT2D eigenvalue weighted by molar-refractivity contribution is -0.532. The Morgan fingerprint density at radius 2 is 1.88 bits per heavy atom. The molecular formula is C18H17BrN3O3S+. The third-order valence-corrected chi connectivity index (χ3v) is 6.39. The van der Waals surface area contributed by atoms with Crippen LogP contribution >= 0.6 is 27.7 Å². The minimum absolute atomic E-state index is 0.0401. The highest BCUT2D eigenvalue weighted by atomic mass is 79.9. The number of nitro benzene ring substituents is 1. The van der Waals surface area contributed by atoms with E-state index in [-0.39, 0.29) is 5.69 Å². The number of anilines is 1. The average molecular weight is 435 g/mol. The molecule has 26 heavy (non-hydrogen) atoms. The number of nitro groups is 1. The third-order valence-electron chi connectivity index (χ3n) is 4.67. The van der Waals surface area contributed by atoms with E-state index in [9.17, 15) is 15.2 Å². The quantitative estimate of drug-likeness (QED) is 0.454. The second-order valence-corrected chi connectivity index (χ2v) is 8.32. The number of nitrogens with zero attached hydrogens (tertiary/aromatic N) is 3. The van der Waals surface area contributed by atoms with Crippen LogP contribution in [0.3, 0.4) is 0 Å². The highest BCUT2D eigenvalue weighted by molar-refractivity contribution is 9.10. The van der Waals surface area contributed by atoms with Gasteiger partial charge in [0.2, 0.25) is 0 Å². The fraction of sp³-hybridized carbons (Fsp3) is 0.278. The van der Waals surface area contributed by atoms with Crippen molar-refractivity contribution in [3.8, 4) is 0 Å². The van der Waals surface area contributed by atoms with Crippen molar-refractivity contribution >= 4 is 44.2 Å². The van der Waals surface area contributed by atoms with Crippen molar-refractivity contribution in [2.24, 2.45) is 0 Å². The van der Waals surface area contributed by atoms with Crippen LogP contribution in [0.2, 0.25) is 0 Å². The zero-order valence-electron chi connectivity index (χ0n) is 13.8. The molecule has 2 aromatic rings. The second-order valence-electron chi connectivity index (χ2n) is 6.34. The lowest BCUT2D eigenvalue weighted by Gasteiger charge is -2.28. The monoisotopic (exact) mass is 434 g/mol. The van der Waals surface area contributed by atoms with Crippen LogP contribution in [0, 0.1) is 10.1 Å². The SMILES string of the molecule is O=[N+]([O-])c1ccc(N2C3=[N+](CCCS3)C[C@@]2(O)c2ccc(Br)cc2)cc1. The van der Waals surface area contributed by atoms with E-state index in [1.54, 1.807) is 23.9 Å². The number of aliphatic hydroxyl groups is 1. The van der Waals surface area contributed by atoms with E-state index in [2.05, 4.69) is 20.5 Å². The van der Waals surface area contributed by atoms with Gasteiger partial charge in [0.15, 0.2) is 6.54 Å². The molecule has 4 rings (SSSR count). The molecule has 0 saturated heterocycles. The van der Waals surface area contributed by atoms with Gasteiger partial charge < -0.3 is 5.11 Å². The number of hydrogen-bond donors (Lipinski definition) is 1. The van der Waals surface area contributed by atoms with Crippen LogP contribution in [-0.2, 0) is 5.72 Å². The molecule has 0 saturated carbocycles. The minimum Gasteiger partial charge on any atom is -0.346 e. The number of halogens is 1. The number of amidine groups is 1. The molecule has 2 aliphatic rings. The smallest absolute Gasteiger partial charge is 0.316 e. The fourth-order valence-electron chi connectivity index (χ4n) is 3.44. The molecule has 1 atom stereocenters. The van der Waals surface area contributed by atoms with E-state index in [0.717, 1.165) is 39.6 Å². The summed E-state index contributed by atoms with van der Waals surface area (Å²) < 4.78 is 3.14. The second kappa shape index (κ2) is 6.68. The average Bonchev–Trinajstić information content (AvgIpc) is 2.95. The Morgan fingerprint density at radius 1 is 1.19 bits per heavy atom. The number of thioether (sulfide) groups is 1. The third kappa shape index (κ3) is 2.91. The van der Waals surface area contributed by atoms with Crippen molar-refractivity contribution in [2.45, 2.75) is 12.1 Å². The van der Waals surface area contributed by atoms with Gasteiger partial charge in [-0.05, 0) is 42.4 Å². The first-order chi connectivity index (χ1) is 12.5. The molecule has 1 N–H and O–H groups in total. The lowest BCUT2D eigenvalue weighted by atomic mass is 10.0. The molecule has 0 radical (unpaired) electrons. The van der Waals surface area contributed by atoms with E-state index in [0.29, 0.717) is 6.54 Å². The van der Waals surface area contributed by atoms with Crippen LogP contribution < -0.4 is 4.90 Å². The van der Waals surface area contributed by atoms with Crippen molar-refractivity contribution in [1.29, 1.82) is 0 Å². The first-order valence-corrected chi connectivity index (χ1v) is 10.0. The van der Waals surface area contributed by atoms with E-state index in [1.807, 2.05) is 29.2 Å². The summed E-state index contributed by atoms with van der Waals surface area (Å²) in [6.45, 7) is 1.36. The van der Waals surface area contributed by atoms with E-state index in [1.165, 1.54) is 12.1 Å². The molecule has 0 bridgehead atoms. The van der Waals surface area contributed by atoms with Crippen molar-refractivity contribution in [1.82, 2.24) is 0 Å². The molecule has 0 aliphatic carbocycles. The predicted molar refractivity (Wildman–Crippen MR) is 106 cm³/mol. The molecule has 0 unspecified atom stereocenters. The van der Waals surface area contributed by atoms with Crippen LogP contribution in [0.4, 0.5) is 11.4 Å². The predicted octanol–water partition coefficient (Wildman–Crippen LogP) is 3.53. The van der Waals surface area contributed by atoms with Gasteiger partial charge in [-0.2, -0.15) is 4.90 Å². The van der Waals surface area contributed by atoms with Gasteiger partial charge in [-0.1, -0.05) is 28.1 Å². The summed E-state index contributed by atoms with van der Waals surface area (Å²) in [6.07, 6.45) is 1.07. The molecule has 134 valence electrons. The number of hydrogen-bond acceptors (Lipinski definition) is 5. The van der Waals surface area contributed by atoms with Gasteiger partial charge in [0, 0.05) is 27.9 Å². The van der Waals surface area contributed by atoms with Crippen molar-refractivity contribution < 1.29 is 14.6 Å². The topological polar surface area (TPSA) is 69.6 Å². The van der Waals surface area contributed by atoms with Gasteiger partial charge in [-0.25, -0.2) is 4.58 Å². The standard InChI is InChI=1S/C18H17BrN3O3S/c19-14-4-2-13(3-5-14)18(23)12-20-10-1-11-26-17(20)21(18)15-6-8-16(9-7-15)22(24)25/h2-9,23H,1,10-12H2/q+1/t18-/m1/s1. The molecule has 0 aromatic heterocycles. The Labute approximate surface area is 163 Å². The van der Waals surface area contributed by atoms with Gasteiger partial charge in [-0.3, -0.25) is 10.1 Å². The highest BCUT2D eigenvalue weighted by Crippen LogP contribution is 2.40. The Balaban J connectivity index is 1.81. The van der Waals surface area contributed by atoms with Gasteiger partial charge in [-0.15, -0.1) is 0 Å². The highest BCUT2D eigenvalue weighted by Gasteiger charge is 2.55. The van der Waals surface area contributed by atoms with Crippen LogP contribution in [0.25, 0.3) is 0 Å². The molecule has 0 fully saturated rings. The normalized spacial score (nSPS) is 22.5. The van der Waals surface area contributed by atoms with Crippen LogP contribution in [0.1, 0.15) is 12.0 Å². The summed E-state index contributed by atoms with van der Waals surface area (Å²) in [5.74, 6) is 0.992.